The van der Waals surface area contributed by atoms with Crippen LogP contribution in [0.1, 0.15) is 17.9 Å². The van der Waals surface area contributed by atoms with Crippen molar-refractivity contribution in [3.05, 3.63) is 69.2 Å². The highest BCUT2D eigenvalue weighted by molar-refractivity contribution is 6.31. The van der Waals surface area contributed by atoms with E-state index in [1.807, 2.05) is 24.3 Å². The molecule has 1 saturated carbocycles. The fraction of sp³-hybridized carbons (Fsp3) is 0.278. The van der Waals surface area contributed by atoms with Crippen LogP contribution in [0.2, 0.25) is 5.02 Å². The fourth-order valence-electron chi connectivity index (χ4n) is 2.90. The van der Waals surface area contributed by atoms with Crippen molar-refractivity contribution in [3.63, 3.8) is 0 Å². The van der Waals surface area contributed by atoms with Crippen LogP contribution in [0.5, 0.6) is 0 Å². The number of carbonyl (C=O) groups excluding carboxylic acids is 1. The molecule has 0 saturated heterocycles. The molecule has 0 bridgehead atoms. The number of benzene rings is 2. The molecule has 1 aliphatic rings. The molecule has 0 heterocycles. The van der Waals surface area contributed by atoms with E-state index in [9.17, 15) is 14.9 Å². The lowest BCUT2D eigenvalue weighted by Gasteiger charge is -2.08. The Hall–Kier alpha value is -2.60. The number of nitrogens with one attached hydrogen (secondary N) is 2. The van der Waals surface area contributed by atoms with E-state index in [1.165, 1.54) is 6.07 Å². The normalized spacial score (nSPS) is 18.4. The summed E-state index contributed by atoms with van der Waals surface area (Å²) in [6, 6.07) is 14.0. The Labute approximate surface area is 150 Å². The Kier molecular flexibility index (Phi) is 5.19. The Morgan fingerprint density at radius 1 is 1.16 bits per heavy atom. The first kappa shape index (κ1) is 17.2. The molecule has 0 radical (unpaired) electrons. The summed E-state index contributed by atoms with van der Waals surface area (Å²) in [5.41, 5.74) is 1.49. The number of para-hydroxylation sites is 2. The van der Waals surface area contributed by atoms with Gasteiger partial charge in [0.25, 0.3) is 5.69 Å². The first-order valence-electron chi connectivity index (χ1n) is 8.07. The molecule has 25 heavy (non-hydrogen) atoms. The predicted octanol–water partition coefficient (Wildman–Crippen LogP) is 3.58. The van der Waals surface area contributed by atoms with Gasteiger partial charge in [-0.3, -0.25) is 14.9 Å². The molecule has 2 aromatic rings. The van der Waals surface area contributed by atoms with Gasteiger partial charge in [0, 0.05) is 30.1 Å². The van der Waals surface area contributed by atoms with Gasteiger partial charge in [-0.05, 0) is 30.0 Å². The van der Waals surface area contributed by atoms with Crippen LogP contribution >= 0.6 is 11.6 Å². The van der Waals surface area contributed by atoms with Crippen LogP contribution in [0.15, 0.2) is 48.5 Å². The summed E-state index contributed by atoms with van der Waals surface area (Å²) >= 11 is 6.17. The highest BCUT2D eigenvalue weighted by Crippen LogP contribution is 2.49. The molecule has 7 heteroatoms. The number of nitro groups is 1. The second-order valence-corrected chi connectivity index (χ2v) is 6.37. The maximum Gasteiger partial charge on any atom is 0.292 e. The lowest BCUT2D eigenvalue weighted by atomic mass is 10.1. The van der Waals surface area contributed by atoms with Gasteiger partial charge in [0.15, 0.2) is 0 Å². The molecule has 130 valence electrons. The van der Waals surface area contributed by atoms with E-state index >= 15 is 0 Å². The number of amides is 1. The van der Waals surface area contributed by atoms with Gasteiger partial charge >= 0.3 is 0 Å². The minimum Gasteiger partial charge on any atom is -0.378 e. The number of nitrogens with zero attached hydrogens (tertiary/aromatic N) is 1. The number of carbonyl (C=O) groups is 1. The molecule has 6 nitrogen and oxygen atoms in total. The van der Waals surface area contributed by atoms with Gasteiger partial charge in [0.05, 0.1) is 4.92 Å². The highest BCUT2D eigenvalue weighted by atomic mass is 35.5. The number of anilines is 1. The SMILES string of the molecule is O=C(NCCNc1ccccc1[N+](=O)[O-])C1CC1c1ccccc1Cl. The van der Waals surface area contributed by atoms with Crippen LogP contribution in [-0.4, -0.2) is 23.9 Å². The van der Waals surface area contributed by atoms with Crippen molar-refractivity contribution >= 4 is 28.9 Å². The smallest absolute Gasteiger partial charge is 0.292 e. The molecule has 2 atom stereocenters. The summed E-state index contributed by atoms with van der Waals surface area (Å²) in [5.74, 6) is 0.122. The lowest BCUT2D eigenvalue weighted by Crippen LogP contribution is -2.30. The van der Waals surface area contributed by atoms with Gasteiger partial charge in [-0.15, -0.1) is 0 Å². The Morgan fingerprint density at radius 3 is 2.64 bits per heavy atom. The quantitative estimate of drug-likeness (QED) is 0.449. The minimum absolute atomic E-state index is 0.00530. The second kappa shape index (κ2) is 7.53. The van der Waals surface area contributed by atoms with Crippen LogP contribution in [0.25, 0.3) is 0 Å². The van der Waals surface area contributed by atoms with Crippen molar-refractivity contribution < 1.29 is 9.72 Å². The molecule has 2 aromatic carbocycles. The molecule has 1 fully saturated rings. The largest absolute Gasteiger partial charge is 0.378 e. The third-order valence-corrected chi connectivity index (χ3v) is 4.62. The number of hydrogen-bond donors (Lipinski definition) is 2. The summed E-state index contributed by atoms with van der Waals surface area (Å²) in [6.07, 6.45) is 0.799. The zero-order chi connectivity index (χ0) is 17.8. The zero-order valence-corrected chi connectivity index (χ0v) is 14.2. The first-order chi connectivity index (χ1) is 12.1. The molecule has 2 N–H and O–H groups in total. The maximum atomic E-state index is 12.2. The predicted molar refractivity (Wildman–Crippen MR) is 96.9 cm³/mol. The summed E-state index contributed by atoms with van der Waals surface area (Å²) in [6.45, 7) is 0.816. The number of nitro benzene ring substituents is 1. The number of hydrogen-bond acceptors (Lipinski definition) is 4. The number of rotatable bonds is 7. The standard InChI is InChI=1S/C18H18ClN3O3/c19-15-6-2-1-5-12(15)13-11-14(13)18(23)21-10-9-20-16-7-3-4-8-17(16)22(24)25/h1-8,13-14,20H,9-11H2,(H,21,23). The Morgan fingerprint density at radius 2 is 1.88 bits per heavy atom. The van der Waals surface area contributed by atoms with Crippen molar-refractivity contribution in [2.24, 2.45) is 5.92 Å². The van der Waals surface area contributed by atoms with Crippen molar-refractivity contribution in [3.8, 4) is 0 Å². The van der Waals surface area contributed by atoms with E-state index in [2.05, 4.69) is 10.6 Å². The molecule has 1 aliphatic carbocycles. The maximum absolute atomic E-state index is 12.2. The number of halogens is 1. The van der Waals surface area contributed by atoms with Crippen LogP contribution in [0.3, 0.4) is 0 Å². The highest BCUT2D eigenvalue weighted by Gasteiger charge is 2.44. The topological polar surface area (TPSA) is 84.3 Å². The Bertz CT molecular complexity index is 797. The molecular formula is C18H18ClN3O3. The van der Waals surface area contributed by atoms with Crippen LogP contribution in [0.4, 0.5) is 11.4 Å². The van der Waals surface area contributed by atoms with E-state index < -0.39 is 4.92 Å². The monoisotopic (exact) mass is 359 g/mol. The van der Waals surface area contributed by atoms with Crippen LogP contribution in [0, 0.1) is 16.0 Å². The van der Waals surface area contributed by atoms with Gasteiger partial charge in [-0.1, -0.05) is 41.9 Å². The summed E-state index contributed by atoms with van der Waals surface area (Å²) in [7, 11) is 0. The van der Waals surface area contributed by atoms with E-state index in [1.54, 1.807) is 18.2 Å². The minimum atomic E-state index is -0.431. The van der Waals surface area contributed by atoms with Gasteiger partial charge in [0.2, 0.25) is 5.91 Å². The van der Waals surface area contributed by atoms with Crippen LogP contribution < -0.4 is 10.6 Å². The molecule has 2 unspecified atom stereocenters. The third-order valence-electron chi connectivity index (χ3n) is 4.27. The van der Waals surface area contributed by atoms with Crippen LogP contribution in [-0.2, 0) is 4.79 Å². The van der Waals surface area contributed by atoms with E-state index in [-0.39, 0.29) is 23.4 Å². The summed E-state index contributed by atoms with van der Waals surface area (Å²) < 4.78 is 0. The van der Waals surface area contributed by atoms with E-state index in [0.717, 1.165) is 12.0 Å². The molecule has 0 aliphatic heterocycles. The molecular weight excluding hydrogens is 342 g/mol. The average molecular weight is 360 g/mol. The van der Waals surface area contributed by atoms with Gasteiger partial charge in [0.1, 0.15) is 5.69 Å². The molecule has 0 spiro atoms. The van der Waals surface area contributed by atoms with Crippen molar-refractivity contribution in [1.82, 2.24) is 5.32 Å². The molecule has 0 aromatic heterocycles. The van der Waals surface area contributed by atoms with Crippen molar-refractivity contribution in [2.75, 3.05) is 18.4 Å². The average Bonchev–Trinajstić information content (AvgIpc) is 3.40. The summed E-state index contributed by atoms with van der Waals surface area (Å²) in [4.78, 5) is 22.7. The zero-order valence-electron chi connectivity index (χ0n) is 13.4. The molecule has 3 rings (SSSR count). The fourth-order valence-corrected chi connectivity index (χ4v) is 3.18. The van der Waals surface area contributed by atoms with Gasteiger partial charge in [-0.2, -0.15) is 0 Å². The van der Waals surface area contributed by atoms with Gasteiger partial charge in [-0.25, -0.2) is 0 Å². The van der Waals surface area contributed by atoms with Crippen molar-refractivity contribution in [1.29, 1.82) is 0 Å². The third kappa shape index (κ3) is 4.09. The first-order valence-corrected chi connectivity index (χ1v) is 8.45. The lowest BCUT2D eigenvalue weighted by molar-refractivity contribution is -0.384. The van der Waals surface area contributed by atoms with Gasteiger partial charge < -0.3 is 10.6 Å². The Balaban J connectivity index is 1.45. The van der Waals surface area contributed by atoms with E-state index in [0.29, 0.717) is 23.8 Å². The van der Waals surface area contributed by atoms with Crippen molar-refractivity contribution in [2.45, 2.75) is 12.3 Å². The molecule has 1 amide bonds. The van der Waals surface area contributed by atoms with E-state index in [4.69, 9.17) is 11.6 Å². The summed E-state index contributed by atoms with van der Waals surface area (Å²) in [5, 5.41) is 17.5. The second-order valence-electron chi connectivity index (χ2n) is 5.96.